The number of nitrogens with zero attached hydrogens (tertiary/aromatic N) is 4. The van der Waals surface area contributed by atoms with Crippen LogP contribution in [0.3, 0.4) is 0 Å². The van der Waals surface area contributed by atoms with Gasteiger partial charge in [0, 0.05) is 37.3 Å². The lowest BCUT2D eigenvalue weighted by atomic mass is 10.1. The van der Waals surface area contributed by atoms with Gasteiger partial charge < -0.3 is 14.9 Å². The molecular weight excluding hydrogens is 324 g/mol. The Kier molecular flexibility index (Phi) is 5.11. The molecule has 1 N–H and O–H groups in total. The van der Waals surface area contributed by atoms with Gasteiger partial charge in [-0.15, -0.1) is 11.3 Å². The molecule has 128 valence electrons. The van der Waals surface area contributed by atoms with Gasteiger partial charge in [-0.1, -0.05) is 0 Å². The van der Waals surface area contributed by atoms with E-state index in [1.807, 2.05) is 12.4 Å². The van der Waals surface area contributed by atoms with Gasteiger partial charge >= 0.3 is 0 Å². The van der Waals surface area contributed by atoms with Crippen molar-refractivity contribution >= 4 is 17.2 Å². The fourth-order valence-electron chi connectivity index (χ4n) is 3.11. The molecule has 6 nitrogen and oxygen atoms in total. The second-order valence-electron chi connectivity index (χ2n) is 6.33. The molecule has 7 heteroatoms. The van der Waals surface area contributed by atoms with E-state index in [9.17, 15) is 9.90 Å². The molecule has 0 saturated carbocycles. The topological polar surface area (TPSA) is 69.6 Å². The van der Waals surface area contributed by atoms with Crippen LogP contribution in [0, 0.1) is 12.8 Å². The predicted octanol–water partition coefficient (Wildman–Crippen LogP) is 2.15. The molecule has 1 saturated heterocycles. The molecule has 0 aliphatic carbocycles. The first-order chi connectivity index (χ1) is 11.5. The summed E-state index contributed by atoms with van der Waals surface area (Å²) in [5.74, 6) is 0.207. The first kappa shape index (κ1) is 16.9. The maximum atomic E-state index is 12.5. The van der Waals surface area contributed by atoms with E-state index in [0.29, 0.717) is 19.0 Å². The summed E-state index contributed by atoms with van der Waals surface area (Å²) in [5, 5.41) is 9.80. The van der Waals surface area contributed by atoms with Crippen LogP contribution in [0.15, 0.2) is 23.8 Å². The number of hydrogen-bond acceptors (Lipinski definition) is 6. The fraction of sp³-hybridized carbons (Fsp3) is 0.471. The van der Waals surface area contributed by atoms with E-state index >= 15 is 0 Å². The average Bonchev–Trinajstić information content (AvgIpc) is 3.17. The maximum absolute atomic E-state index is 12.5. The van der Waals surface area contributed by atoms with Gasteiger partial charge in [0.1, 0.15) is 5.75 Å². The highest BCUT2D eigenvalue weighted by molar-refractivity contribution is 7.09. The Bertz CT molecular complexity index is 718. The van der Waals surface area contributed by atoms with Gasteiger partial charge in [-0.3, -0.25) is 4.79 Å². The van der Waals surface area contributed by atoms with Crippen LogP contribution in [-0.4, -0.2) is 57.5 Å². The maximum Gasteiger partial charge on any atom is 0.276 e. The number of carbonyl (C=O) groups is 1. The first-order valence-corrected chi connectivity index (χ1v) is 8.93. The van der Waals surface area contributed by atoms with Crippen molar-refractivity contribution in [3.63, 3.8) is 0 Å². The molecule has 2 aromatic rings. The molecule has 1 amide bonds. The zero-order valence-electron chi connectivity index (χ0n) is 14.0. The van der Waals surface area contributed by atoms with Gasteiger partial charge in [-0.25, -0.2) is 9.97 Å². The summed E-state index contributed by atoms with van der Waals surface area (Å²) >= 11 is 1.69. The summed E-state index contributed by atoms with van der Waals surface area (Å²) in [5.41, 5.74) is 3.13. The zero-order chi connectivity index (χ0) is 17.1. The molecule has 3 rings (SSSR count). The van der Waals surface area contributed by atoms with Gasteiger partial charge in [0.05, 0.1) is 11.2 Å². The second-order valence-corrected chi connectivity index (χ2v) is 7.27. The molecule has 0 unspecified atom stereocenters. The van der Waals surface area contributed by atoms with E-state index in [-0.39, 0.29) is 17.4 Å². The van der Waals surface area contributed by atoms with Crippen LogP contribution in [0.4, 0.5) is 0 Å². The predicted molar refractivity (Wildman–Crippen MR) is 93.1 cm³/mol. The number of aryl methyl sites for hydroxylation is 1. The quantitative estimate of drug-likeness (QED) is 0.898. The fourth-order valence-corrected chi connectivity index (χ4v) is 3.96. The van der Waals surface area contributed by atoms with Crippen molar-refractivity contribution in [2.24, 2.45) is 5.92 Å². The van der Waals surface area contributed by atoms with Gasteiger partial charge in [0.25, 0.3) is 5.91 Å². The highest BCUT2D eigenvalue weighted by Gasteiger charge is 2.29. The molecule has 1 aliphatic rings. The summed E-state index contributed by atoms with van der Waals surface area (Å²) < 4.78 is 0. The van der Waals surface area contributed by atoms with E-state index in [1.54, 1.807) is 22.3 Å². The molecule has 3 heterocycles. The van der Waals surface area contributed by atoms with E-state index < -0.39 is 0 Å². The molecule has 0 bridgehead atoms. The molecule has 0 aromatic carbocycles. The number of amides is 1. The Morgan fingerprint density at radius 3 is 3.04 bits per heavy atom. The number of thiazole rings is 1. The molecule has 0 radical (unpaired) electrons. The highest BCUT2D eigenvalue weighted by Crippen LogP contribution is 2.23. The summed E-state index contributed by atoms with van der Waals surface area (Å²) in [6.07, 6.45) is 2.51. The molecule has 1 fully saturated rings. The van der Waals surface area contributed by atoms with Gasteiger partial charge in [0.2, 0.25) is 0 Å². The number of aromatic hydroxyl groups is 1. The molecule has 1 aliphatic heterocycles. The zero-order valence-corrected chi connectivity index (χ0v) is 14.8. The number of rotatable bonds is 5. The minimum Gasteiger partial charge on any atom is -0.505 e. The largest absolute Gasteiger partial charge is 0.505 e. The van der Waals surface area contributed by atoms with Crippen LogP contribution in [0.25, 0.3) is 0 Å². The third kappa shape index (κ3) is 3.73. The minimum atomic E-state index is -0.184. The van der Waals surface area contributed by atoms with Crippen molar-refractivity contribution in [2.75, 3.05) is 26.7 Å². The Labute approximate surface area is 145 Å². The van der Waals surface area contributed by atoms with Crippen molar-refractivity contribution in [2.45, 2.75) is 19.9 Å². The normalized spacial score (nSPS) is 17.6. The van der Waals surface area contributed by atoms with Crippen molar-refractivity contribution in [3.05, 3.63) is 40.1 Å². The third-order valence-electron chi connectivity index (χ3n) is 4.39. The number of likely N-dealkylation sites (tertiary alicyclic amines) is 1. The molecule has 2 aromatic heterocycles. The van der Waals surface area contributed by atoms with Gasteiger partial charge in [-0.2, -0.15) is 0 Å². The van der Waals surface area contributed by atoms with Crippen LogP contribution in [0.5, 0.6) is 5.75 Å². The van der Waals surface area contributed by atoms with E-state index in [4.69, 9.17) is 0 Å². The van der Waals surface area contributed by atoms with Crippen molar-refractivity contribution in [1.82, 2.24) is 19.8 Å². The number of carbonyl (C=O) groups excluding carboxylic acids is 1. The van der Waals surface area contributed by atoms with Crippen LogP contribution < -0.4 is 0 Å². The Hall–Kier alpha value is -1.99. The minimum absolute atomic E-state index is 0.0521. The number of aromatic nitrogens is 2. The summed E-state index contributed by atoms with van der Waals surface area (Å²) in [6.45, 7) is 5.29. The molecule has 0 spiro atoms. The highest BCUT2D eigenvalue weighted by atomic mass is 32.1. The Balaban J connectivity index is 1.54. The van der Waals surface area contributed by atoms with Crippen molar-refractivity contribution < 1.29 is 9.90 Å². The third-order valence-corrected chi connectivity index (χ3v) is 5.31. The standard InChI is InChI=1S/C17H22N4O2S/c1-12-15(24-11-19-12)10-20(2)8-13-5-7-21(9-13)17(23)16-14(22)4-3-6-18-16/h3-4,6,11,13,22H,5,7-10H2,1-2H3/t13-/m1/s1. The summed E-state index contributed by atoms with van der Waals surface area (Å²) in [4.78, 5) is 26.2. The SMILES string of the molecule is Cc1ncsc1CN(C)C[C@H]1CCN(C(=O)c2ncccc2O)C1. The summed E-state index contributed by atoms with van der Waals surface area (Å²) in [7, 11) is 2.11. The number of pyridine rings is 1. The lowest BCUT2D eigenvalue weighted by Gasteiger charge is -2.21. The molecule has 1 atom stereocenters. The molecular formula is C17H22N4O2S. The Morgan fingerprint density at radius 2 is 2.33 bits per heavy atom. The van der Waals surface area contributed by atoms with E-state index in [1.165, 1.54) is 17.1 Å². The number of hydrogen-bond donors (Lipinski definition) is 1. The average molecular weight is 346 g/mol. The monoisotopic (exact) mass is 346 g/mol. The van der Waals surface area contributed by atoms with Gasteiger partial charge in [-0.05, 0) is 38.4 Å². The first-order valence-electron chi connectivity index (χ1n) is 8.05. The lowest BCUT2D eigenvalue weighted by molar-refractivity contribution is 0.0775. The molecule has 24 heavy (non-hydrogen) atoms. The Morgan fingerprint density at radius 1 is 1.50 bits per heavy atom. The van der Waals surface area contributed by atoms with Crippen LogP contribution in [0.1, 0.15) is 27.5 Å². The second kappa shape index (κ2) is 7.27. The van der Waals surface area contributed by atoms with Crippen LogP contribution in [0.2, 0.25) is 0 Å². The smallest absolute Gasteiger partial charge is 0.276 e. The lowest BCUT2D eigenvalue weighted by Crippen LogP contribution is -2.32. The van der Waals surface area contributed by atoms with Crippen LogP contribution in [-0.2, 0) is 6.54 Å². The van der Waals surface area contributed by atoms with Crippen LogP contribution >= 0.6 is 11.3 Å². The van der Waals surface area contributed by atoms with E-state index in [0.717, 1.165) is 25.2 Å². The summed E-state index contributed by atoms with van der Waals surface area (Å²) in [6, 6.07) is 3.12. The van der Waals surface area contributed by atoms with Gasteiger partial charge in [0.15, 0.2) is 5.69 Å². The van der Waals surface area contributed by atoms with Crippen molar-refractivity contribution in [1.29, 1.82) is 0 Å². The van der Waals surface area contributed by atoms with E-state index in [2.05, 4.69) is 21.9 Å². The van der Waals surface area contributed by atoms with Crippen molar-refractivity contribution in [3.8, 4) is 5.75 Å².